The van der Waals surface area contributed by atoms with Gasteiger partial charge in [-0.3, -0.25) is 0 Å². The minimum absolute atomic E-state index is 0.533. The molecule has 0 bridgehead atoms. The Hall–Kier alpha value is -5.65. The zero-order valence-electron chi connectivity index (χ0n) is 21.2. The minimum atomic E-state index is -0.594. The van der Waals surface area contributed by atoms with E-state index in [1.165, 1.54) is 0 Å². The summed E-state index contributed by atoms with van der Waals surface area (Å²) in [6.07, 6.45) is 3.90. The lowest BCUT2D eigenvalue weighted by Crippen LogP contribution is -1.99. The summed E-state index contributed by atoms with van der Waals surface area (Å²) in [5.41, 5.74) is 4.94. The molecule has 7 aromatic carbocycles. The number of fused-ring (bicyclic) bond motifs is 6. The lowest BCUT2D eigenvalue weighted by atomic mass is 9.99. The van der Waals surface area contributed by atoms with E-state index in [9.17, 15) is 14.9 Å². The predicted molar refractivity (Wildman–Crippen MR) is 157 cm³/mol. The number of benzene rings is 5. The highest BCUT2D eigenvalue weighted by atomic mass is 19.1. The Kier molecular flexibility index (Phi) is 5.44. The summed E-state index contributed by atoms with van der Waals surface area (Å²) in [6.45, 7) is -0.594. The van der Waals surface area contributed by atoms with E-state index in [0.29, 0.717) is 16.3 Å². The van der Waals surface area contributed by atoms with Crippen LogP contribution in [0, 0.1) is 22.9 Å². The average Bonchev–Trinajstić information content (AvgIpc) is 3.48. The monoisotopic (exact) mass is 514 g/mol. The van der Waals surface area contributed by atoms with Crippen LogP contribution in [0.4, 0.5) is 4.39 Å². The van der Waals surface area contributed by atoms with Gasteiger partial charge in [-0.15, -0.1) is 0 Å². The Morgan fingerprint density at radius 3 is 1.52 bits per heavy atom. The molecule has 0 aliphatic carbocycles. The van der Waals surface area contributed by atoms with Crippen molar-refractivity contribution >= 4 is 43.1 Å². The van der Waals surface area contributed by atoms with Crippen LogP contribution in [0.5, 0.6) is 0 Å². The van der Waals surface area contributed by atoms with Crippen molar-refractivity contribution in [3.05, 3.63) is 119 Å². The summed E-state index contributed by atoms with van der Waals surface area (Å²) in [7, 11) is 0. The molecule has 0 atom stereocenters. The van der Waals surface area contributed by atoms with Crippen molar-refractivity contribution < 1.29 is 4.39 Å². The van der Waals surface area contributed by atoms with Gasteiger partial charge in [0.1, 0.15) is 6.67 Å². The van der Waals surface area contributed by atoms with Gasteiger partial charge in [-0.25, -0.2) is 4.39 Å². The van der Waals surface area contributed by atoms with Gasteiger partial charge in [0.2, 0.25) is 12.4 Å². The van der Waals surface area contributed by atoms with Gasteiger partial charge in [0, 0.05) is 21.5 Å². The van der Waals surface area contributed by atoms with Crippen molar-refractivity contribution in [1.29, 1.82) is 10.5 Å². The Morgan fingerprint density at radius 1 is 0.475 bits per heavy atom. The van der Waals surface area contributed by atoms with E-state index in [1.807, 2.05) is 48.8 Å². The molecule has 0 aromatic heterocycles. The lowest BCUT2D eigenvalue weighted by Gasteiger charge is -2.06. The first-order valence-corrected chi connectivity index (χ1v) is 12.8. The van der Waals surface area contributed by atoms with Crippen molar-refractivity contribution in [3.8, 4) is 34.6 Å². The van der Waals surface area contributed by atoms with Crippen LogP contribution in [0.25, 0.3) is 65.3 Å². The lowest BCUT2D eigenvalue weighted by molar-refractivity contribution is 0.485. The third-order valence-corrected chi connectivity index (χ3v) is 7.67. The molecule has 7 rings (SSSR count). The van der Waals surface area contributed by atoms with Crippen LogP contribution in [0.1, 0.15) is 5.56 Å². The molecule has 0 amide bonds. The van der Waals surface area contributed by atoms with Gasteiger partial charge < -0.3 is 0 Å². The summed E-state index contributed by atoms with van der Waals surface area (Å²) >= 11 is 0. The predicted octanol–water partition coefficient (Wildman–Crippen LogP) is 7.74. The summed E-state index contributed by atoms with van der Waals surface area (Å²) < 4.78 is 13.4. The molecule has 7 aromatic rings. The van der Waals surface area contributed by atoms with Crippen LogP contribution in [-0.2, 0) is 6.67 Å². The third kappa shape index (κ3) is 3.57. The maximum atomic E-state index is 13.4. The highest BCUT2D eigenvalue weighted by Gasteiger charge is 2.16. The molecular weight excluding hydrogens is 495 g/mol. The van der Waals surface area contributed by atoms with Gasteiger partial charge >= 0.3 is 0 Å². The summed E-state index contributed by atoms with van der Waals surface area (Å²) in [6, 6.07) is 34.3. The number of alkyl halides is 1. The first-order chi connectivity index (χ1) is 19.7. The number of hydrogen-bond acceptors (Lipinski definition) is 4. The molecule has 5 heteroatoms. The standard InChI is InChI=1S/C35H19FN4/c36-18-21-6-12-26-28-16-33-29(17-32(28)34(39-19-37)30(26)14-21)27-13-11-25(15-31(27)35(33)40-20-38)24-9-7-23(8-10-24)22-4-2-1-3-5-22/h1-17H,18H2/b39-34+,40-35+. The Balaban J connectivity index is 1.47. The minimum Gasteiger partial charge on any atom is -0.246 e. The van der Waals surface area contributed by atoms with Crippen LogP contribution < -0.4 is 10.7 Å². The Labute approximate surface area is 228 Å². The van der Waals surface area contributed by atoms with E-state index >= 15 is 0 Å². The molecule has 186 valence electrons. The number of halogens is 1. The second kappa shape index (κ2) is 9.27. The zero-order chi connectivity index (χ0) is 27.2. The average molecular weight is 515 g/mol. The van der Waals surface area contributed by atoms with E-state index in [0.717, 1.165) is 65.3 Å². The maximum Gasteiger partial charge on any atom is 0.206 e. The van der Waals surface area contributed by atoms with Gasteiger partial charge in [-0.2, -0.15) is 20.5 Å². The highest BCUT2D eigenvalue weighted by Crippen LogP contribution is 2.34. The van der Waals surface area contributed by atoms with Crippen LogP contribution in [0.3, 0.4) is 0 Å². The van der Waals surface area contributed by atoms with Crippen molar-refractivity contribution in [1.82, 2.24) is 0 Å². The van der Waals surface area contributed by atoms with Crippen LogP contribution in [0.15, 0.2) is 113 Å². The van der Waals surface area contributed by atoms with Crippen LogP contribution in [0.2, 0.25) is 0 Å². The molecule has 40 heavy (non-hydrogen) atoms. The number of rotatable bonds is 3. The highest BCUT2D eigenvalue weighted by molar-refractivity contribution is 6.21. The van der Waals surface area contributed by atoms with Gasteiger partial charge in [0.05, 0.1) is 10.7 Å². The first-order valence-electron chi connectivity index (χ1n) is 12.8. The number of nitriles is 2. The Morgan fingerprint density at radius 2 is 0.950 bits per heavy atom. The topological polar surface area (TPSA) is 72.3 Å². The van der Waals surface area contributed by atoms with E-state index in [-0.39, 0.29) is 0 Å². The largest absolute Gasteiger partial charge is 0.246 e. The molecule has 0 fully saturated rings. The second-order valence-electron chi connectivity index (χ2n) is 9.78. The van der Waals surface area contributed by atoms with E-state index in [4.69, 9.17) is 0 Å². The van der Waals surface area contributed by atoms with E-state index in [1.54, 1.807) is 12.1 Å². The molecule has 0 aliphatic heterocycles. The molecule has 0 unspecified atom stereocenters. The summed E-state index contributed by atoms with van der Waals surface area (Å²) in [5.74, 6) is 0. The molecule has 0 saturated carbocycles. The fourth-order valence-electron chi connectivity index (χ4n) is 5.81. The van der Waals surface area contributed by atoms with Gasteiger partial charge in [-0.05, 0) is 73.6 Å². The van der Waals surface area contributed by atoms with Gasteiger partial charge in [0.15, 0.2) is 0 Å². The molecule has 0 aliphatic rings. The normalized spacial score (nSPS) is 12.5. The number of hydrogen-bond donors (Lipinski definition) is 0. The smallest absolute Gasteiger partial charge is 0.206 e. The fourth-order valence-corrected chi connectivity index (χ4v) is 5.81. The van der Waals surface area contributed by atoms with Crippen molar-refractivity contribution in [2.24, 2.45) is 9.98 Å². The zero-order valence-corrected chi connectivity index (χ0v) is 21.2. The molecule has 0 spiro atoms. The van der Waals surface area contributed by atoms with E-state index < -0.39 is 6.67 Å². The quantitative estimate of drug-likeness (QED) is 0.226. The van der Waals surface area contributed by atoms with Crippen molar-refractivity contribution in [2.45, 2.75) is 6.67 Å². The number of nitrogens with zero attached hydrogens (tertiary/aromatic N) is 4. The summed E-state index contributed by atoms with van der Waals surface area (Å²) in [4.78, 5) is 8.37. The summed E-state index contributed by atoms with van der Waals surface area (Å²) in [5, 5.41) is 27.1. The molecular formula is C35H19FN4. The first kappa shape index (κ1) is 23.5. The fraction of sp³-hybridized carbons (Fsp3) is 0.0286. The Bertz CT molecular complexity index is 2310. The maximum absolute atomic E-state index is 13.4. The van der Waals surface area contributed by atoms with Gasteiger partial charge in [0.25, 0.3) is 0 Å². The van der Waals surface area contributed by atoms with E-state index in [2.05, 4.69) is 64.6 Å². The second-order valence-corrected chi connectivity index (χ2v) is 9.78. The molecule has 0 radical (unpaired) electrons. The third-order valence-electron chi connectivity index (χ3n) is 7.67. The van der Waals surface area contributed by atoms with Gasteiger partial charge in [-0.1, -0.05) is 78.9 Å². The molecule has 0 heterocycles. The SMILES string of the molecule is N#C/N=c1\c2cc(CF)ccc2c2cc3/c(=N/C#N)c4cc(-c5ccc(-c6ccccc6)cc5)ccc4c3cc12. The van der Waals surface area contributed by atoms with Crippen LogP contribution in [-0.4, -0.2) is 0 Å². The molecule has 0 N–H and O–H groups in total. The molecule has 4 nitrogen and oxygen atoms in total. The van der Waals surface area contributed by atoms with Crippen molar-refractivity contribution in [2.75, 3.05) is 0 Å². The van der Waals surface area contributed by atoms with Crippen LogP contribution >= 0.6 is 0 Å². The van der Waals surface area contributed by atoms with Crippen molar-refractivity contribution in [3.63, 3.8) is 0 Å². The molecule has 0 saturated heterocycles.